The van der Waals surface area contributed by atoms with E-state index in [9.17, 15) is 9.18 Å². The minimum atomic E-state index is -0.211. The van der Waals surface area contributed by atoms with Gasteiger partial charge in [-0.1, -0.05) is 12.1 Å². The molecule has 23 heavy (non-hydrogen) atoms. The Labute approximate surface area is 135 Å². The van der Waals surface area contributed by atoms with E-state index in [1.165, 1.54) is 12.1 Å². The molecule has 3 rings (SSSR count). The third-order valence-corrected chi connectivity index (χ3v) is 4.31. The molecular weight excluding hydrogens is 295 g/mol. The van der Waals surface area contributed by atoms with Crippen molar-refractivity contribution in [1.82, 2.24) is 20.0 Å². The van der Waals surface area contributed by atoms with Gasteiger partial charge in [-0.05, 0) is 30.7 Å². The van der Waals surface area contributed by atoms with Gasteiger partial charge in [0.25, 0.3) is 5.91 Å². The van der Waals surface area contributed by atoms with E-state index in [1.54, 1.807) is 25.2 Å². The van der Waals surface area contributed by atoms with Gasteiger partial charge in [-0.25, -0.2) is 4.39 Å². The first-order chi connectivity index (χ1) is 11.0. The predicted molar refractivity (Wildman–Crippen MR) is 85.6 cm³/mol. The van der Waals surface area contributed by atoms with Crippen LogP contribution in [0.1, 0.15) is 34.0 Å². The summed E-state index contributed by atoms with van der Waals surface area (Å²) in [5, 5.41) is 7.06. The Morgan fingerprint density at radius 2 is 2.13 bits per heavy atom. The van der Waals surface area contributed by atoms with Crippen LogP contribution in [0.25, 0.3) is 0 Å². The van der Waals surface area contributed by atoms with Crippen LogP contribution in [-0.4, -0.2) is 53.1 Å². The summed E-state index contributed by atoms with van der Waals surface area (Å²) in [6, 6.07) is 6.62. The van der Waals surface area contributed by atoms with E-state index in [0.717, 1.165) is 37.3 Å². The molecule has 1 fully saturated rings. The van der Waals surface area contributed by atoms with E-state index in [1.807, 2.05) is 12.1 Å². The van der Waals surface area contributed by atoms with Crippen molar-refractivity contribution in [2.24, 2.45) is 0 Å². The fraction of sp³-hybridized carbons (Fsp3) is 0.412. The second-order valence-electron chi connectivity index (χ2n) is 6.24. The molecule has 1 aliphatic heterocycles. The van der Waals surface area contributed by atoms with Crippen LogP contribution in [0.4, 0.5) is 4.39 Å². The van der Waals surface area contributed by atoms with Crippen LogP contribution in [-0.2, 0) is 6.54 Å². The van der Waals surface area contributed by atoms with Gasteiger partial charge in [0.05, 0.1) is 17.5 Å². The van der Waals surface area contributed by atoms with Gasteiger partial charge in [-0.3, -0.25) is 14.8 Å². The lowest BCUT2D eigenvalue weighted by Gasteiger charge is -2.17. The van der Waals surface area contributed by atoms with Crippen molar-refractivity contribution in [2.75, 3.05) is 27.2 Å². The second-order valence-corrected chi connectivity index (χ2v) is 6.24. The lowest BCUT2D eigenvalue weighted by molar-refractivity contribution is 0.0826. The summed E-state index contributed by atoms with van der Waals surface area (Å²) < 4.78 is 13.0. The quantitative estimate of drug-likeness (QED) is 0.941. The molecule has 1 aliphatic rings. The zero-order valence-corrected chi connectivity index (χ0v) is 13.4. The van der Waals surface area contributed by atoms with Crippen LogP contribution in [0.5, 0.6) is 0 Å². The molecule has 6 heteroatoms. The molecule has 1 aromatic heterocycles. The Kier molecular flexibility index (Phi) is 4.43. The van der Waals surface area contributed by atoms with Gasteiger partial charge < -0.3 is 4.90 Å². The Hall–Kier alpha value is -2.21. The largest absolute Gasteiger partial charge is 0.345 e. The van der Waals surface area contributed by atoms with Crippen molar-refractivity contribution in [2.45, 2.75) is 18.9 Å². The molecular formula is C17H21FN4O. The minimum absolute atomic E-state index is 0.0225. The van der Waals surface area contributed by atoms with Gasteiger partial charge in [0.2, 0.25) is 0 Å². The lowest BCUT2D eigenvalue weighted by Crippen LogP contribution is -2.24. The highest BCUT2D eigenvalue weighted by molar-refractivity contribution is 5.94. The standard InChI is InChI=1S/C17H21FN4O/c1-21(2)17(23)15-9-19-20-16(15)13-7-8-22(11-13)10-12-3-5-14(18)6-4-12/h3-6,9,13H,7-8,10-11H2,1-2H3,(H,19,20)/t13-/m1/s1. The molecule has 1 aromatic carbocycles. The summed E-state index contributed by atoms with van der Waals surface area (Å²) in [6.45, 7) is 2.62. The summed E-state index contributed by atoms with van der Waals surface area (Å²) in [6.07, 6.45) is 2.59. The fourth-order valence-corrected chi connectivity index (χ4v) is 3.08. The number of halogens is 1. The number of nitrogens with zero attached hydrogens (tertiary/aromatic N) is 3. The van der Waals surface area contributed by atoms with Gasteiger partial charge in [0, 0.05) is 33.1 Å². The molecule has 122 valence electrons. The van der Waals surface area contributed by atoms with E-state index in [-0.39, 0.29) is 17.6 Å². The molecule has 1 atom stereocenters. The normalized spacial score (nSPS) is 18.3. The number of amides is 1. The van der Waals surface area contributed by atoms with Gasteiger partial charge in [-0.15, -0.1) is 0 Å². The van der Waals surface area contributed by atoms with Crippen molar-refractivity contribution in [3.8, 4) is 0 Å². The molecule has 0 saturated carbocycles. The average Bonchev–Trinajstić information content (AvgIpc) is 3.17. The van der Waals surface area contributed by atoms with E-state index in [0.29, 0.717) is 5.56 Å². The molecule has 0 bridgehead atoms. The second kappa shape index (κ2) is 6.50. The third kappa shape index (κ3) is 3.42. The smallest absolute Gasteiger partial charge is 0.256 e. The van der Waals surface area contributed by atoms with Crippen molar-refractivity contribution in [3.05, 3.63) is 53.1 Å². The van der Waals surface area contributed by atoms with Crippen molar-refractivity contribution < 1.29 is 9.18 Å². The number of rotatable bonds is 4. The van der Waals surface area contributed by atoms with Crippen molar-refractivity contribution in [1.29, 1.82) is 0 Å². The Bertz CT molecular complexity index is 680. The topological polar surface area (TPSA) is 52.2 Å². The maximum Gasteiger partial charge on any atom is 0.256 e. The molecule has 1 saturated heterocycles. The van der Waals surface area contributed by atoms with Gasteiger partial charge in [-0.2, -0.15) is 5.10 Å². The fourth-order valence-electron chi connectivity index (χ4n) is 3.08. The first-order valence-electron chi connectivity index (χ1n) is 7.76. The summed E-state index contributed by atoms with van der Waals surface area (Å²) in [5.74, 6) is 0.0416. The third-order valence-electron chi connectivity index (χ3n) is 4.31. The SMILES string of the molecule is CN(C)C(=O)c1cn[nH]c1[C@@H]1CCN(Cc2ccc(F)cc2)C1. The van der Waals surface area contributed by atoms with Gasteiger partial charge in [0.1, 0.15) is 5.82 Å². The summed E-state index contributed by atoms with van der Waals surface area (Å²) in [5.41, 5.74) is 2.68. The first kappa shape index (κ1) is 15.7. The number of aromatic amines is 1. The molecule has 1 amide bonds. The van der Waals surface area contributed by atoms with Crippen LogP contribution in [0.2, 0.25) is 0 Å². The molecule has 5 nitrogen and oxygen atoms in total. The molecule has 0 aliphatic carbocycles. The van der Waals surface area contributed by atoms with Crippen molar-refractivity contribution in [3.63, 3.8) is 0 Å². The maximum absolute atomic E-state index is 13.0. The summed E-state index contributed by atoms with van der Waals surface area (Å²) in [7, 11) is 3.49. The number of carbonyl (C=O) groups excluding carboxylic acids is 1. The number of nitrogens with one attached hydrogen (secondary N) is 1. The highest BCUT2D eigenvalue weighted by Gasteiger charge is 2.29. The number of benzene rings is 1. The van der Waals surface area contributed by atoms with Crippen LogP contribution in [0.3, 0.4) is 0 Å². The van der Waals surface area contributed by atoms with E-state index < -0.39 is 0 Å². The predicted octanol–water partition coefficient (Wildman–Crippen LogP) is 2.24. The summed E-state index contributed by atoms with van der Waals surface area (Å²) in [4.78, 5) is 16.1. The lowest BCUT2D eigenvalue weighted by atomic mass is 10.0. The van der Waals surface area contributed by atoms with Crippen LogP contribution in [0, 0.1) is 5.82 Å². The number of carbonyl (C=O) groups is 1. The monoisotopic (exact) mass is 316 g/mol. The maximum atomic E-state index is 13.0. The van der Waals surface area contributed by atoms with E-state index >= 15 is 0 Å². The van der Waals surface area contributed by atoms with Crippen LogP contribution < -0.4 is 0 Å². The number of hydrogen-bond acceptors (Lipinski definition) is 3. The zero-order chi connectivity index (χ0) is 16.4. The number of H-pyrrole nitrogens is 1. The number of hydrogen-bond donors (Lipinski definition) is 1. The molecule has 0 unspecified atom stereocenters. The number of likely N-dealkylation sites (tertiary alicyclic amines) is 1. The number of aromatic nitrogens is 2. The Morgan fingerprint density at radius 3 is 2.83 bits per heavy atom. The van der Waals surface area contributed by atoms with Crippen LogP contribution >= 0.6 is 0 Å². The average molecular weight is 316 g/mol. The highest BCUT2D eigenvalue weighted by Crippen LogP contribution is 2.29. The van der Waals surface area contributed by atoms with E-state index in [4.69, 9.17) is 0 Å². The van der Waals surface area contributed by atoms with E-state index in [2.05, 4.69) is 15.1 Å². The molecule has 1 N–H and O–H groups in total. The molecule has 2 aromatic rings. The van der Waals surface area contributed by atoms with Crippen molar-refractivity contribution >= 4 is 5.91 Å². The van der Waals surface area contributed by atoms with Crippen LogP contribution in [0.15, 0.2) is 30.5 Å². The Morgan fingerprint density at radius 1 is 1.39 bits per heavy atom. The van der Waals surface area contributed by atoms with Gasteiger partial charge >= 0.3 is 0 Å². The minimum Gasteiger partial charge on any atom is -0.345 e. The molecule has 0 spiro atoms. The summed E-state index contributed by atoms with van der Waals surface area (Å²) >= 11 is 0. The Balaban J connectivity index is 1.67. The zero-order valence-electron chi connectivity index (χ0n) is 13.4. The molecule has 2 heterocycles. The first-order valence-corrected chi connectivity index (χ1v) is 7.76. The van der Waals surface area contributed by atoms with Gasteiger partial charge in [0.15, 0.2) is 0 Å². The molecule has 0 radical (unpaired) electrons. The highest BCUT2D eigenvalue weighted by atomic mass is 19.1.